The van der Waals surface area contributed by atoms with Crippen LogP contribution in [0.3, 0.4) is 0 Å². The van der Waals surface area contributed by atoms with Gasteiger partial charge >= 0.3 is 0 Å². The number of fused-ring (bicyclic) bond motifs is 1. The SMILES string of the molecule is O=C1NC[C@@H](CCC(=O)N2CCN(C3CCCCN3)CC2)N2C[C@H](NCC3CCCCC3)C[C@H]12. The first-order chi connectivity index (χ1) is 16.7. The van der Waals surface area contributed by atoms with Crippen LogP contribution in [0, 0.1) is 5.92 Å². The molecule has 1 saturated carbocycles. The minimum Gasteiger partial charge on any atom is -0.353 e. The highest BCUT2D eigenvalue weighted by Gasteiger charge is 2.43. The van der Waals surface area contributed by atoms with Crippen LogP contribution < -0.4 is 16.0 Å². The minimum atomic E-state index is -0.0238. The molecule has 0 aromatic carbocycles. The highest BCUT2D eigenvalue weighted by molar-refractivity contribution is 5.83. The van der Waals surface area contributed by atoms with Crippen LogP contribution in [0.2, 0.25) is 0 Å². The van der Waals surface area contributed by atoms with Gasteiger partial charge in [0, 0.05) is 57.8 Å². The molecule has 0 radical (unpaired) electrons. The van der Waals surface area contributed by atoms with Crippen molar-refractivity contribution in [1.82, 2.24) is 30.7 Å². The molecule has 5 fully saturated rings. The Kier molecular flexibility index (Phi) is 8.40. The summed E-state index contributed by atoms with van der Waals surface area (Å²) in [5.74, 6) is 1.27. The van der Waals surface area contributed by atoms with Crippen LogP contribution in [0.4, 0.5) is 0 Å². The van der Waals surface area contributed by atoms with E-state index >= 15 is 0 Å². The third-order valence-corrected chi connectivity index (χ3v) is 9.13. The third kappa shape index (κ3) is 5.94. The first kappa shape index (κ1) is 24.5. The normalized spacial score (nSPS) is 34.1. The third-order valence-electron chi connectivity index (χ3n) is 9.13. The molecule has 5 aliphatic rings. The molecule has 4 heterocycles. The number of nitrogens with one attached hydrogen (secondary N) is 3. The Morgan fingerprint density at radius 2 is 1.79 bits per heavy atom. The number of carbonyl (C=O) groups is 2. The number of rotatable bonds is 7. The largest absolute Gasteiger partial charge is 0.353 e. The van der Waals surface area contributed by atoms with Gasteiger partial charge in [-0.2, -0.15) is 0 Å². The molecular formula is C26H46N6O2. The molecule has 192 valence electrons. The van der Waals surface area contributed by atoms with Crippen molar-refractivity contribution in [2.24, 2.45) is 5.92 Å². The lowest BCUT2D eigenvalue weighted by Gasteiger charge is -2.41. The van der Waals surface area contributed by atoms with Gasteiger partial charge in [-0.1, -0.05) is 19.3 Å². The number of nitrogens with zero attached hydrogens (tertiary/aromatic N) is 3. The quantitative estimate of drug-likeness (QED) is 0.513. The summed E-state index contributed by atoms with van der Waals surface area (Å²) >= 11 is 0. The van der Waals surface area contributed by atoms with E-state index in [0.29, 0.717) is 25.2 Å². The summed E-state index contributed by atoms with van der Waals surface area (Å²) in [7, 11) is 0. The van der Waals surface area contributed by atoms with Crippen LogP contribution in [0.25, 0.3) is 0 Å². The Labute approximate surface area is 205 Å². The highest BCUT2D eigenvalue weighted by Crippen LogP contribution is 2.28. The average molecular weight is 475 g/mol. The summed E-state index contributed by atoms with van der Waals surface area (Å²) in [6, 6.07) is 0.653. The van der Waals surface area contributed by atoms with Crippen molar-refractivity contribution in [3.8, 4) is 0 Å². The zero-order valence-electron chi connectivity index (χ0n) is 21.0. The zero-order chi connectivity index (χ0) is 23.3. The van der Waals surface area contributed by atoms with Crippen molar-refractivity contribution in [2.45, 2.75) is 94.9 Å². The maximum atomic E-state index is 13.0. The van der Waals surface area contributed by atoms with Gasteiger partial charge in [-0.05, 0) is 64.0 Å². The van der Waals surface area contributed by atoms with Crippen molar-refractivity contribution in [1.29, 1.82) is 0 Å². The van der Waals surface area contributed by atoms with Crippen LogP contribution in [-0.2, 0) is 9.59 Å². The van der Waals surface area contributed by atoms with Gasteiger partial charge < -0.3 is 20.9 Å². The predicted molar refractivity (Wildman–Crippen MR) is 133 cm³/mol. The van der Waals surface area contributed by atoms with E-state index in [0.717, 1.165) is 64.6 Å². The minimum absolute atomic E-state index is 0.0238. The number of hydrogen-bond donors (Lipinski definition) is 3. The number of amides is 2. The molecule has 4 atom stereocenters. The van der Waals surface area contributed by atoms with Crippen LogP contribution >= 0.6 is 0 Å². The molecule has 0 bridgehead atoms. The molecule has 8 nitrogen and oxygen atoms in total. The summed E-state index contributed by atoms with van der Waals surface area (Å²) in [4.78, 5) is 32.5. The van der Waals surface area contributed by atoms with Gasteiger partial charge in [-0.25, -0.2) is 0 Å². The molecule has 5 rings (SSSR count). The second-order valence-corrected chi connectivity index (χ2v) is 11.4. The van der Waals surface area contributed by atoms with Crippen molar-refractivity contribution >= 4 is 11.8 Å². The molecule has 4 aliphatic heterocycles. The second kappa shape index (κ2) is 11.7. The van der Waals surface area contributed by atoms with Crippen LogP contribution in [-0.4, -0.2) is 103 Å². The number of hydrogen-bond acceptors (Lipinski definition) is 6. The van der Waals surface area contributed by atoms with Crippen LogP contribution in [0.1, 0.15) is 70.6 Å². The number of carbonyl (C=O) groups excluding carboxylic acids is 2. The molecule has 8 heteroatoms. The zero-order valence-corrected chi connectivity index (χ0v) is 21.0. The lowest BCUT2D eigenvalue weighted by molar-refractivity contribution is -0.134. The maximum Gasteiger partial charge on any atom is 0.237 e. The molecule has 3 N–H and O–H groups in total. The Hall–Kier alpha value is -1.22. The van der Waals surface area contributed by atoms with E-state index in [9.17, 15) is 9.59 Å². The van der Waals surface area contributed by atoms with Crippen molar-refractivity contribution < 1.29 is 9.59 Å². The molecule has 1 aliphatic carbocycles. The molecule has 34 heavy (non-hydrogen) atoms. The smallest absolute Gasteiger partial charge is 0.237 e. The molecule has 0 spiro atoms. The lowest BCUT2D eigenvalue weighted by Crippen LogP contribution is -2.58. The predicted octanol–water partition coefficient (Wildman–Crippen LogP) is 1.12. The summed E-state index contributed by atoms with van der Waals surface area (Å²) < 4.78 is 0. The van der Waals surface area contributed by atoms with Gasteiger partial charge in [0.15, 0.2) is 0 Å². The van der Waals surface area contributed by atoms with E-state index in [1.165, 1.54) is 51.4 Å². The fourth-order valence-corrected chi connectivity index (χ4v) is 6.99. The van der Waals surface area contributed by atoms with Gasteiger partial charge in [-0.3, -0.25) is 19.4 Å². The van der Waals surface area contributed by atoms with Gasteiger partial charge in [0.05, 0.1) is 12.2 Å². The molecule has 2 amide bonds. The van der Waals surface area contributed by atoms with E-state index in [1.807, 2.05) is 0 Å². The van der Waals surface area contributed by atoms with E-state index in [-0.39, 0.29) is 23.9 Å². The molecule has 4 saturated heterocycles. The summed E-state index contributed by atoms with van der Waals surface area (Å²) in [6.07, 6.45) is 13.5. The summed E-state index contributed by atoms with van der Waals surface area (Å²) in [5.41, 5.74) is 0. The molecule has 0 aromatic rings. The van der Waals surface area contributed by atoms with E-state index in [2.05, 4.69) is 30.7 Å². The summed E-state index contributed by atoms with van der Waals surface area (Å²) in [5, 5.41) is 10.6. The van der Waals surface area contributed by atoms with E-state index in [1.54, 1.807) is 0 Å². The topological polar surface area (TPSA) is 80.0 Å². The Morgan fingerprint density at radius 3 is 2.56 bits per heavy atom. The van der Waals surface area contributed by atoms with E-state index < -0.39 is 0 Å². The monoisotopic (exact) mass is 474 g/mol. The van der Waals surface area contributed by atoms with Crippen LogP contribution in [0.15, 0.2) is 0 Å². The Balaban J connectivity index is 1.06. The fourth-order valence-electron chi connectivity index (χ4n) is 6.99. The van der Waals surface area contributed by atoms with E-state index in [4.69, 9.17) is 0 Å². The first-order valence-corrected chi connectivity index (χ1v) is 14.2. The van der Waals surface area contributed by atoms with Gasteiger partial charge in [0.25, 0.3) is 0 Å². The van der Waals surface area contributed by atoms with Crippen LogP contribution in [0.5, 0.6) is 0 Å². The lowest BCUT2D eigenvalue weighted by atomic mass is 9.89. The van der Waals surface area contributed by atoms with Gasteiger partial charge in [-0.15, -0.1) is 0 Å². The molecule has 1 unspecified atom stereocenters. The molecule has 0 aromatic heterocycles. The second-order valence-electron chi connectivity index (χ2n) is 11.4. The molecular weight excluding hydrogens is 428 g/mol. The Bertz CT molecular complexity index is 685. The Morgan fingerprint density at radius 1 is 1.00 bits per heavy atom. The van der Waals surface area contributed by atoms with Crippen molar-refractivity contribution in [3.05, 3.63) is 0 Å². The number of piperazine rings is 2. The average Bonchev–Trinajstić information content (AvgIpc) is 3.34. The number of piperidine rings is 1. The van der Waals surface area contributed by atoms with Gasteiger partial charge in [0.2, 0.25) is 11.8 Å². The highest BCUT2D eigenvalue weighted by atomic mass is 16.2. The summed E-state index contributed by atoms with van der Waals surface area (Å²) in [6.45, 7) is 7.48. The van der Waals surface area contributed by atoms with Gasteiger partial charge in [0.1, 0.15) is 0 Å². The standard InChI is InChI=1S/C26H46N6O2/c33-25(31-14-12-30(13-15-31)24-8-4-5-11-27-24)10-9-22-18-29-26(34)23-16-21(19-32(22)23)28-17-20-6-2-1-3-7-20/h20-24,27-28H,1-19H2,(H,29,34)/t21-,22-,23-,24?/m1/s1. The maximum absolute atomic E-state index is 13.0. The van der Waals surface area contributed by atoms with Crippen molar-refractivity contribution in [3.63, 3.8) is 0 Å². The van der Waals surface area contributed by atoms with Crippen molar-refractivity contribution in [2.75, 3.05) is 52.4 Å². The first-order valence-electron chi connectivity index (χ1n) is 14.2. The fraction of sp³-hybridized carbons (Fsp3) is 0.923.